The molecule has 2 aromatic rings. The van der Waals surface area contributed by atoms with Gasteiger partial charge in [-0.2, -0.15) is 0 Å². The minimum absolute atomic E-state index is 0.158. The number of nitrogens with one attached hydrogen (secondary N) is 1. The molecule has 8 nitrogen and oxygen atoms in total. The average molecular weight is 347 g/mol. The molecule has 0 aliphatic heterocycles. The third-order valence-electron chi connectivity index (χ3n) is 4.16. The molecule has 0 saturated heterocycles. The minimum atomic E-state index is -0.528. The Balaban J connectivity index is 2.37. The third kappa shape index (κ3) is 3.62. The van der Waals surface area contributed by atoms with Crippen molar-refractivity contribution in [1.82, 2.24) is 10.5 Å². The number of hydrogen-bond donors (Lipinski definition) is 1. The number of nitrogens with zero attached hydrogens (tertiary/aromatic N) is 2. The Kier molecular flexibility index (Phi) is 5.41. The number of rotatable bonds is 6. The summed E-state index contributed by atoms with van der Waals surface area (Å²) >= 11 is 0. The molecule has 0 unspecified atom stereocenters. The second kappa shape index (κ2) is 7.33. The highest BCUT2D eigenvalue weighted by Gasteiger charge is 2.24. The summed E-state index contributed by atoms with van der Waals surface area (Å²) in [6.07, 6.45) is 0.625. The summed E-state index contributed by atoms with van der Waals surface area (Å²) < 4.78 is 10.3. The van der Waals surface area contributed by atoms with Gasteiger partial charge in [-0.05, 0) is 33.3 Å². The molecule has 2 rings (SSSR count). The molecular weight excluding hydrogens is 326 g/mol. The molecule has 0 fully saturated rings. The van der Waals surface area contributed by atoms with Gasteiger partial charge in [-0.3, -0.25) is 14.9 Å². The van der Waals surface area contributed by atoms with Gasteiger partial charge in [0.1, 0.15) is 11.5 Å². The van der Waals surface area contributed by atoms with E-state index < -0.39 is 10.8 Å². The Morgan fingerprint density at radius 1 is 1.40 bits per heavy atom. The van der Waals surface area contributed by atoms with E-state index in [2.05, 4.69) is 10.5 Å². The summed E-state index contributed by atoms with van der Waals surface area (Å²) in [6, 6.07) is 2.45. The Labute approximate surface area is 145 Å². The molecule has 1 heterocycles. The SMILES string of the molecule is CC[C@@H](NC(=O)c1cc(OC)c(C)c([N+](=O)[O-])c1)c1c(C)noc1C. The van der Waals surface area contributed by atoms with Gasteiger partial charge in [0, 0.05) is 17.2 Å². The first-order valence-corrected chi connectivity index (χ1v) is 7.86. The van der Waals surface area contributed by atoms with Crippen LogP contribution in [-0.4, -0.2) is 23.1 Å². The molecule has 1 aromatic heterocycles. The zero-order valence-electron chi connectivity index (χ0n) is 14.9. The van der Waals surface area contributed by atoms with E-state index in [4.69, 9.17) is 9.26 Å². The molecule has 0 saturated carbocycles. The van der Waals surface area contributed by atoms with E-state index >= 15 is 0 Å². The highest BCUT2D eigenvalue weighted by atomic mass is 16.6. The number of nitro benzene ring substituents is 1. The zero-order valence-corrected chi connectivity index (χ0v) is 14.9. The third-order valence-corrected chi connectivity index (χ3v) is 4.16. The first-order chi connectivity index (χ1) is 11.8. The number of carbonyl (C=O) groups is 1. The molecule has 0 aliphatic carbocycles. The van der Waals surface area contributed by atoms with E-state index in [0.717, 1.165) is 5.56 Å². The molecule has 1 amide bonds. The van der Waals surface area contributed by atoms with Gasteiger partial charge >= 0.3 is 0 Å². The van der Waals surface area contributed by atoms with E-state index in [-0.39, 0.29) is 17.3 Å². The summed E-state index contributed by atoms with van der Waals surface area (Å²) in [5, 5.41) is 18.0. The predicted octanol–water partition coefficient (Wildman–Crippen LogP) is 3.40. The van der Waals surface area contributed by atoms with Crippen LogP contribution >= 0.6 is 0 Å². The van der Waals surface area contributed by atoms with Crippen LogP contribution in [0.25, 0.3) is 0 Å². The van der Waals surface area contributed by atoms with Crippen molar-refractivity contribution in [2.24, 2.45) is 0 Å². The molecule has 1 aromatic carbocycles. The van der Waals surface area contributed by atoms with E-state index in [9.17, 15) is 14.9 Å². The summed E-state index contributed by atoms with van der Waals surface area (Å²) in [5.41, 5.74) is 1.91. The largest absolute Gasteiger partial charge is 0.496 e. The molecule has 0 spiro atoms. The quantitative estimate of drug-likeness (QED) is 0.634. The summed E-state index contributed by atoms with van der Waals surface area (Å²) in [7, 11) is 1.41. The van der Waals surface area contributed by atoms with Gasteiger partial charge in [-0.15, -0.1) is 0 Å². The van der Waals surface area contributed by atoms with E-state index in [1.807, 2.05) is 6.92 Å². The normalized spacial score (nSPS) is 11.9. The van der Waals surface area contributed by atoms with Crippen LogP contribution in [0.15, 0.2) is 16.7 Å². The molecule has 0 bridgehead atoms. The number of aryl methyl sites for hydroxylation is 2. The summed E-state index contributed by atoms with van der Waals surface area (Å²) in [6.45, 7) is 7.09. The predicted molar refractivity (Wildman–Crippen MR) is 90.9 cm³/mol. The Morgan fingerprint density at radius 3 is 2.56 bits per heavy atom. The first kappa shape index (κ1) is 18.4. The number of nitro groups is 1. The van der Waals surface area contributed by atoms with Crippen LogP contribution in [0.5, 0.6) is 5.75 Å². The fourth-order valence-electron chi connectivity index (χ4n) is 2.81. The van der Waals surface area contributed by atoms with Crippen LogP contribution in [0.1, 0.15) is 52.3 Å². The minimum Gasteiger partial charge on any atom is -0.496 e. The first-order valence-electron chi connectivity index (χ1n) is 7.86. The van der Waals surface area contributed by atoms with Crippen molar-refractivity contribution in [2.45, 2.75) is 40.2 Å². The lowest BCUT2D eigenvalue weighted by atomic mass is 10.0. The van der Waals surface area contributed by atoms with E-state index in [0.29, 0.717) is 29.2 Å². The van der Waals surface area contributed by atoms with Gasteiger partial charge in [-0.25, -0.2) is 0 Å². The van der Waals surface area contributed by atoms with E-state index in [1.54, 1.807) is 20.8 Å². The van der Waals surface area contributed by atoms with Gasteiger partial charge in [0.2, 0.25) is 0 Å². The van der Waals surface area contributed by atoms with Crippen LogP contribution in [0.4, 0.5) is 5.69 Å². The fourth-order valence-corrected chi connectivity index (χ4v) is 2.81. The van der Waals surface area contributed by atoms with Crippen molar-refractivity contribution in [3.63, 3.8) is 0 Å². The molecule has 1 atom stereocenters. The smallest absolute Gasteiger partial charge is 0.276 e. The highest BCUT2D eigenvalue weighted by molar-refractivity contribution is 5.96. The number of hydrogen-bond acceptors (Lipinski definition) is 6. The number of amides is 1. The molecule has 1 N–H and O–H groups in total. The van der Waals surface area contributed by atoms with Gasteiger partial charge < -0.3 is 14.6 Å². The standard InChI is InChI=1S/C17H21N3O5/c1-6-13(16-10(3)19-25-11(16)4)18-17(21)12-7-14(20(22)23)9(2)15(8-12)24-5/h7-8,13H,6H2,1-5H3,(H,18,21)/t13-/m1/s1. The summed E-state index contributed by atoms with van der Waals surface area (Å²) in [5.74, 6) is 0.509. The van der Waals surface area contributed by atoms with Gasteiger partial charge in [-0.1, -0.05) is 12.1 Å². The maximum atomic E-state index is 12.6. The average Bonchev–Trinajstić information content (AvgIpc) is 2.91. The number of benzene rings is 1. The van der Waals surface area contributed by atoms with Crippen molar-refractivity contribution in [2.75, 3.05) is 7.11 Å². The van der Waals surface area contributed by atoms with Crippen LogP contribution in [0, 0.1) is 30.9 Å². The van der Waals surface area contributed by atoms with Crippen LogP contribution in [0.2, 0.25) is 0 Å². The fraction of sp³-hybridized carbons (Fsp3) is 0.412. The zero-order chi connectivity index (χ0) is 18.7. The van der Waals surface area contributed by atoms with Crippen molar-refractivity contribution < 1.29 is 19.0 Å². The van der Waals surface area contributed by atoms with Crippen LogP contribution in [0.3, 0.4) is 0 Å². The van der Waals surface area contributed by atoms with Crippen molar-refractivity contribution in [1.29, 1.82) is 0 Å². The molecule has 0 aliphatic rings. The van der Waals surface area contributed by atoms with Crippen molar-refractivity contribution in [3.05, 3.63) is 50.4 Å². The van der Waals surface area contributed by atoms with Crippen LogP contribution in [-0.2, 0) is 0 Å². The molecule has 25 heavy (non-hydrogen) atoms. The van der Waals surface area contributed by atoms with Gasteiger partial charge in [0.15, 0.2) is 0 Å². The van der Waals surface area contributed by atoms with Gasteiger partial charge in [0.05, 0.1) is 29.3 Å². The lowest BCUT2D eigenvalue weighted by Gasteiger charge is -2.17. The second-order valence-electron chi connectivity index (χ2n) is 5.75. The lowest BCUT2D eigenvalue weighted by molar-refractivity contribution is -0.385. The lowest BCUT2D eigenvalue weighted by Crippen LogP contribution is -2.29. The Bertz CT molecular complexity index is 793. The van der Waals surface area contributed by atoms with E-state index in [1.165, 1.54) is 19.2 Å². The second-order valence-corrected chi connectivity index (χ2v) is 5.75. The van der Waals surface area contributed by atoms with Crippen LogP contribution < -0.4 is 10.1 Å². The van der Waals surface area contributed by atoms with Gasteiger partial charge in [0.25, 0.3) is 11.6 Å². The monoisotopic (exact) mass is 347 g/mol. The highest BCUT2D eigenvalue weighted by Crippen LogP contribution is 2.30. The number of ether oxygens (including phenoxy) is 1. The maximum absolute atomic E-state index is 12.6. The molecule has 0 radical (unpaired) electrons. The number of aromatic nitrogens is 1. The molecule has 134 valence electrons. The maximum Gasteiger partial charge on any atom is 0.276 e. The Morgan fingerprint density at radius 2 is 2.08 bits per heavy atom. The Hall–Kier alpha value is -2.90. The molecular formula is C17H21N3O5. The summed E-state index contributed by atoms with van der Waals surface area (Å²) in [4.78, 5) is 23.3. The van der Waals surface area contributed by atoms with Crippen molar-refractivity contribution >= 4 is 11.6 Å². The number of carbonyl (C=O) groups excluding carboxylic acids is 1. The molecule has 8 heteroatoms. The topological polar surface area (TPSA) is 108 Å². The van der Waals surface area contributed by atoms with Crippen molar-refractivity contribution in [3.8, 4) is 5.75 Å². The number of methoxy groups -OCH3 is 1.